The molecule has 1 aromatic rings. The molecule has 0 aromatic heterocycles. The van der Waals surface area contributed by atoms with E-state index in [1.165, 1.54) is 0 Å². The molecule has 0 saturated carbocycles. The molecule has 1 aromatic carbocycles. The van der Waals surface area contributed by atoms with E-state index < -0.39 is 10.0 Å². The van der Waals surface area contributed by atoms with Gasteiger partial charge in [0.1, 0.15) is 0 Å². The van der Waals surface area contributed by atoms with E-state index in [2.05, 4.69) is 4.72 Å². The summed E-state index contributed by atoms with van der Waals surface area (Å²) in [5.41, 5.74) is 7.33. The van der Waals surface area contributed by atoms with Crippen molar-refractivity contribution in [1.29, 1.82) is 0 Å². The number of nitrogens with one attached hydrogen (secondary N) is 1. The van der Waals surface area contributed by atoms with Crippen LogP contribution >= 0.6 is 0 Å². The first-order chi connectivity index (χ1) is 6.87. The number of anilines is 1. The van der Waals surface area contributed by atoms with Crippen molar-refractivity contribution in [2.45, 2.75) is 19.4 Å². The molecule has 0 fully saturated rings. The maximum atomic E-state index is 10.9. The summed E-state index contributed by atoms with van der Waals surface area (Å²) < 4.78 is 24.3. The Balaban J connectivity index is 2.73. The van der Waals surface area contributed by atoms with E-state index in [1.54, 1.807) is 12.1 Å². The monoisotopic (exact) mass is 228 g/mol. The molecule has 0 radical (unpaired) electrons. The summed E-state index contributed by atoms with van der Waals surface area (Å²) in [4.78, 5) is 0. The van der Waals surface area contributed by atoms with Gasteiger partial charge in [-0.25, -0.2) is 8.42 Å². The summed E-state index contributed by atoms with van der Waals surface area (Å²) in [6.45, 7) is 1.93. The van der Waals surface area contributed by atoms with Crippen molar-refractivity contribution in [2.75, 3.05) is 11.0 Å². The summed E-state index contributed by atoms with van der Waals surface area (Å²) in [6, 6.07) is 7.32. The normalized spacial score (nSPS) is 13.5. The Labute approximate surface area is 90.5 Å². The van der Waals surface area contributed by atoms with Crippen LogP contribution in [0, 0.1) is 0 Å². The van der Waals surface area contributed by atoms with Crippen molar-refractivity contribution >= 4 is 15.7 Å². The van der Waals surface area contributed by atoms with Gasteiger partial charge in [0.25, 0.3) is 0 Å². The van der Waals surface area contributed by atoms with Crippen LogP contribution in [0.1, 0.15) is 12.5 Å². The molecule has 0 aliphatic carbocycles. The molecule has 4 nitrogen and oxygen atoms in total. The smallest absolute Gasteiger partial charge is 0.229 e. The molecular weight excluding hydrogens is 212 g/mol. The maximum Gasteiger partial charge on any atom is 0.229 e. The highest BCUT2D eigenvalue weighted by Crippen LogP contribution is 2.11. The quantitative estimate of drug-likeness (QED) is 0.806. The van der Waals surface area contributed by atoms with Gasteiger partial charge in [-0.2, -0.15) is 0 Å². The van der Waals surface area contributed by atoms with Crippen molar-refractivity contribution in [1.82, 2.24) is 0 Å². The molecule has 1 atom stereocenters. The number of nitrogens with two attached hydrogens (primary N) is 1. The second-order valence-electron chi connectivity index (χ2n) is 3.75. The van der Waals surface area contributed by atoms with Gasteiger partial charge in [-0.3, -0.25) is 4.72 Å². The lowest BCUT2D eigenvalue weighted by Crippen LogP contribution is -2.17. The van der Waals surface area contributed by atoms with E-state index >= 15 is 0 Å². The second kappa shape index (κ2) is 4.63. The first-order valence-electron chi connectivity index (χ1n) is 4.69. The molecule has 0 amide bonds. The Morgan fingerprint density at radius 1 is 1.33 bits per heavy atom. The van der Waals surface area contributed by atoms with Crippen molar-refractivity contribution in [2.24, 2.45) is 5.73 Å². The average molecular weight is 228 g/mol. The number of rotatable bonds is 4. The van der Waals surface area contributed by atoms with Crippen LogP contribution < -0.4 is 10.5 Å². The van der Waals surface area contributed by atoms with Crippen LogP contribution in [-0.2, 0) is 16.4 Å². The van der Waals surface area contributed by atoms with Gasteiger partial charge in [0.2, 0.25) is 10.0 Å². The summed E-state index contributed by atoms with van der Waals surface area (Å²) in [7, 11) is -3.19. The minimum absolute atomic E-state index is 0.110. The van der Waals surface area contributed by atoms with E-state index in [0.29, 0.717) is 5.69 Å². The zero-order valence-electron chi connectivity index (χ0n) is 8.90. The predicted molar refractivity (Wildman–Crippen MR) is 62.3 cm³/mol. The predicted octanol–water partition coefficient (Wildman–Crippen LogP) is 0.948. The molecule has 0 heterocycles. The first kappa shape index (κ1) is 12.0. The highest BCUT2D eigenvalue weighted by molar-refractivity contribution is 7.92. The first-order valence-corrected chi connectivity index (χ1v) is 6.58. The van der Waals surface area contributed by atoms with E-state index in [-0.39, 0.29) is 6.04 Å². The number of hydrogen-bond acceptors (Lipinski definition) is 3. The Morgan fingerprint density at radius 2 is 1.87 bits per heavy atom. The fourth-order valence-electron chi connectivity index (χ4n) is 1.29. The lowest BCUT2D eigenvalue weighted by Gasteiger charge is -2.07. The van der Waals surface area contributed by atoms with Crippen LogP contribution in [0.3, 0.4) is 0 Å². The van der Waals surface area contributed by atoms with Gasteiger partial charge in [-0.05, 0) is 31.0 Å². The third kappa shape index (κ3) is 4.80. The lowest BCUT2D eigenvalue weighted by molar-refractivity contribution is 0.607. The fraction of sp³-hybridized carbons (Fsp3) is 0.400. The van der Waals surface area contributed by atoms with Gasteiger partial charge in [-0.1, -0.05) is 12.1 Å². The van der Waals surface area contributed by atoms with Gasteiger partial charge in [0.15, 0.2) is 0 Å². The van der Waals surface area contributed by atoms with Gasteiger partial charge in [0, 0.05) is 11.7 Å². The summed E-state index contributed by atoms with van der Waals surface area (Å²) >= 11 is 0. The zero-order chi connectivity index (χ0) is 11.5. The van der Waals surface area contributed by atoms with Crippen LogP contribution in [0.5, 0.6) is 0 Å². The number of sulfonamides is 1. The van der Waals surface area contributed by atoms with E-state index in [4.69, 9.17) is 5.73 Å². The fourth-order valence-corrected chi connectivity index (χ4v) is 1.86. The molecule has 0 saturated heterocycles. The van der Waals surface area contributed by atoms with Crippen molar-refractivity contribution in [3.63, 3.8) is 0 Å². The average Bonchev–Trinajstić information content (AvgIpc) is 2.05. The Morgan fingerprint density at radius 3 is 2.27 bits per heavy atom. The second-order valence-corrected chi connectivity index (χ2v) is 5.50. The molecular formula is C10H16N2O2S. The Hall–Kier alpha value is -1.07. The highest BCUT2D eigenvalue weighted by Gasteiger charge is 2.02. The number of hydrogen-bond donors (Lipinski definition) is 2. The maximum absolute atomic E-state index is 10.9. The zero-order valence-corrected chi connectivity index (χ0v) is 9.71. The molecule has 0 bridgehead atoms. The third-order valence-corrected chi connectivity index (χ3v) is 2.42. The van der Waals surface area contributed by atoms with E-state index in [1.807, 2.05) is 19.1 Å². The largest absolute Gasteiger partial charge is 0.328 e. The summed E-state index contributed by atoms with van der Waals surface area (Å²) in [6.07, 6.45) is 1.92. The molecule has 3 N–H and O–H groups in total. The SMILES string of the molecule is CC(N)Cc1ccc(NS(C)(=O)=O)cc1. The van der Waals surface area contributed by atoms with Crippen LogP contribution in [0.4, 0.5) is 5.69 Å². The molecule has 1 unspecified atom stereocenters. The van der Waals surface area contributed by atoms with Gasteiger partial charge in [-0.15, -0.1) is 0 Å². The minimum Gasteiger partial charge on any atom is -0.328 e. The van der Waals surface area contributed by atoms with Crippen LogP contribution in [0.15, 0.2) is 24.3 Å². The Kier molecular flexibility index (Phi) is 3.71. The van der Waals surface area contributed by atoms with E-state index in [0.717, 1.165) is 18.2 Å². The van der Waals surface area contributed by atoms with Crippen molar-refractivity contribution in [3.8, 4) is 0 Å². The lowest BCUT2D eigenvalue weighted by atomic mass is 10.1. The summed E-state index contributed by atoms with van der Waals surface area (Å²) in [5, 5.41) is 0. The molecule has 84 valence electrons. The highest BCUT2D eigenvalue weighted by atomic mass is 32.2. The molecule has 0 aliphatic heterocycles. The topological polar surface area (TPSA) is 72.2 Å². The third-order valence-electron chi connectivity index (χ3n) is 1.81. The van der Waals surface area contributed by atoms with Crippen LogP contribution in [0.2, 0.25) is 0 Å². The van der Waals surface area contributed by atoms with Gasteiger partial charge < -0.3 is 5.73 Å². The standard InChI is InChI=1S/C10H16N2O2S/c1-8(11)7-9-3-5-10(6-4-9)12-15(2,13)14/h3-6,8,12H,7,11H2,1-2H3. The van der Waals surface area contributed by atoms with Crippen molar-refractivity contribution < 1.29 is 8.42 Å². The minimum atomic E-state index is -3.19. The molecule has 1 rings (SSSR count). The van der Waals surface area contributed by atoms with Gasteiger partial charge in [0.05, 0.1) is 6.26 Å². The molecule has 0 aliphatic rings. The Bertz CT molecular complexity index is 410. The van der Waals surface area contributed by atoms with Gasteiger partial charge >= 0.3 is 0 Å². The van der Waals surface area contributed by atoms with Crippen molar-refractivity contribution in [3.05, 3.63) is 29.8 Å². The number of benzene rings is 1. The van der Waals surface area contributed by atoms with Crippen LogP contribution in [0.25, 0.3) is 0 Å². The van der Waals surface area contributed by atoms with Crippen LogP contribution in [-0.4, -0.2) is 20.7 Å². The van der Waals surface area contributed by atoms with E-state index in [9.17, 15) is 8.42 Å². The molecule has 15 heavy (non-hydrogen) atoms. The summed E-state index contributed by atoms with van der Waals surface area (Å²) in [5.74, 6) is 0. The molecule has 5 heteroatoms. The molecule has 0 spiro atoms.